The molecule has 3 rings (SSSR count). The Kier molecular flexibility index (Phi) is 7.13. The summed E-state index contributed by atoms with van der Waals surface area (Å²) < 4.78 is 12.5. The van der Waals surface area contributed by atoms with Crippen molar-refractivity contribution in [1.29, 1.82) is 0 Å². The molecule has 11 nitrogen and oxygen atoms in total. The number of aromatic nitrogens is 3. The fourth-order valence-corrected chi connectivity index (χ4v) is 3.18. The summed E-state index contributed by atoms with van der Waals surface area (Å²) in [5.74, 6) is 0.597. The van der Waals surface area contributed by atoms with Crippen LogP contribution in [-0.4, -0.2) is 55.3 Å². The van der Waals surface area contributed by atoms with E-state index in [0.29, 0.717) is 24.7 Å². The number of nitrogens with one attached hydrogen (secondary N) is 2. The smallest absolute Gasteiger partial charge is 0.413 e. The summed E-state index contributed by atoms with van der Waals surface area (Å²) in [7, 11) is 0. The van der Waals surface area contributed by atoms with Crippen LogP contribution in [0.25, 0.3) is 0 Å². The molecule has 2 aromatic heterocycles. The summed E-state index contributed by atoms with van der Waals surface area (Å²) >= 11 is 0. The molecule has 0 bridgehead atoms. The molecule has 0 atom stereocenters. The van der Waals surface area contributed by atoms with E-state index in [-0.39, 0.29) is 24.7 Å². The van der Waals surface area contributed by atoms with Gasteiger partial charge in [-0.3, -0.25) is 15.0 Å². The van der Waals surface area contributed by atoms with Gasteiger partial charge in [-0.05, 0) is 59.2 Å². The van der Waals surface area contributed by atoms with Crippen LogP contribution >= 0.6 is 0 Å². The minimum Gasteiger partial charge on any atom is -0.444 e. The Balaban J connectivity index is 1.57. The van der Waals surface area contributed by atoms with Crippen molar-refractivity contribution in [2.45, 2.75) is 72.4 Å². The van der Waals surface area contributed by atoms with Crippen molar-refractivity contribution >= 4 is 23.9 Å². The van der Waals surface area contributed by atoms with Crippen LogP contribution < -0.4 is 10.6 Å². The molecule has 184 valence electrons. The lowest BCUT2D eigenvalue weighted by molar-refractivity contribution is 0.0195. The molecule has 11 heteroatoms. The molecule has 3 amide bonds. The molecule has 0 saturated carbocycles. The molecule has 0 unspecified atom stereocenters. The highest BCUT2D eigenvalue weighted by Gasteiger charge is 2.27. The van der Waals surface area contributed by atoms with Crippen LogP contribution in [-0.2, 0) is 29.1 Å². The van der Waals surface area contributed by atoms with Gasteiger partial charge in [0.15, 0.2) is 0 Å². The summed E-state index contributed by atoms with van der Waals surface area (Å²) in [5, 5.41) is 5.39. The van der Waals surface area contributed by atoms with Gasteiger partial charge in [0.1, 0.15) is 28.5 Å². The molecule has 2 aromatic rings. The zero-order chi connectivity index (χ0) is 25.1. The number of nitrogens with zero attached hydrogens (tertiary/aromatic N) is 4. The van der Waals surface area contributed by atoms with Crippen molar-refractivity contribution in [1.82, 2.24) is 24.8 Å². The predicted octanol–water partition coefficient (Wildman–Crippen LogP) is 3.31. The molecule has 0 spiro atoms. The maximum absolute atomic E-state index is 12.7. The van der Waals surface area contributed by atoms with Gasteiger partial charge in [-0.15, -0.1) is 0 Å². The van der Waals surface area contributed by atoms with E-state index in [1.807, 2.05) is 25.3 Å². The topological polar surface area (TPSA) is 128 Å². The lowest BCUT2D eigenvalue weighted by atomic mass is 10.2. The van der Waals surface area contributed by atoms with Gasteiger partial charge in [-0.2, -0.15) is 0 Å². The second kappa shape index (κ2) is 9.70. The fourth-order valence-electron chi connectivity index (χ4n) is 3.18. The van der Waals surface area contributed by atoms with Crippen LogP contribution in [0.15, 0.2) is 24.5 Å². The number of carbonyl (C=O) groups is 3. The number of anilines is 1. The van der Waals surface area contributed by atoms with E-state index >= 15 is 0 Å². The second-order valence-corrected chi connectivity index (χ2v) is 10.00. The standard InChI is InChI=1S/C23H32N6O5/c1-22(2,3)33-20(31)27-17-11-15(7-8-24-17)12-25-19(30)16-13-28-9-10-29(14-18(28)26-16)21(32)34-23(4,5)6/h7-8,11,13H,9-10,12,14H2,1-6H3,(H,25,30)(H,24,27,31). The number of hydrogen-bond acceptors (Lipinski definition) is 7. The number of pyridine rings is 1. The molecule has 0 saturated heterocycles. The first-order valence-electron chi connectivity index (χ1n) is 11.1. The number of ether oxygens (including phenoxy) is 2. The first-order chi connectivity index (χ1) is 15.8. The summed E-state index contributed by atoms with van der Waals surface area (Å²) in [6.07, 6.45) is 2.21. The Bertz CT molecular complexity index is 1070. The van der Waals surface area contributed by atoms with Crippen molar-refractivity contribution < 1.29 is 23.9 Å². The molecular weight excluding hydrogens is 440 g/mol. The van der Waals surface area contributed by atoms with E-state index in [4.69, 9.17) is 9.47 Å². The Morgan fingerprint density at radius 1 is 1.06 bits per heavy atom. The van der Waals surface area contributed by atoms with Gasteiger partial charge in [-0.25, -0.2) is 19.6 Å². The first kappa shape index (κ1) is 25.0. The number of amides is 3. The molecule has 2 N–H and O–H groups in total. The van der Waals surface area contributed by atoms with Crippen LogP contribution in [0.3, 0.4) is 0 Å². The fraction of sp³-hybridized carbons (Fsp3) is 0.522. The number of fused-ring (bicyclic) bond motifs is 1. The summed E-state index contributed by atoms with van der Waals surface area (Å²) in [6, 6.07) is 3.39. The van der Waals surface area contributed by atoms with Crippen molar-refractivity contribution in [2.75, 3.05) is 11.9 Å². The van der Waals surface area contributed by atoms with E-state index in [9.17, 15) is 14.4 Å². The van der Waals surface area contributed by atoms with Crippen LogP contribution in [0.1, 0.15) is 63.4 Å². The Morgan fingerprint density at radius 3 is 2.44 bits per heavy atom. The van der Waals surface area contributed by atoms with Crippen molar-refractivity contribution in [3.05, 3.63) is 41.6 Å². The molecule has 1 aliphatic heterocycles. The van der Waals surface area contributed by atoms with E-state index < -0.39 is 23.4 Å². The monoisotopic (exact) mass is 472 g/mol. The molecule has 0 fully saturated rings. The number of hydrogen-bond donors (Lipinski definition) is 2. The van der Waals surface area contributed by atoms with Gasteiger partial charge < -0.3 is 19.4 Å². The lowest BCUT2D eigenvalue weighted by Gasteiger charge is -2.30. The van der Waals surface area contributed by atoms with Gasteiger partial charge >= 0.3 is 12.2 Å². The van der Waals surface area contributed by atoms with Gasteiger partial charge in [0, 0.05) is 32.0 Å². The number of imidazole rings is 1. The summed E-state index contributed by atoms with van der Waals surface area (Å²) in [4.78, 5) is 47.0. The Hall–Kier alpha value is -3.63. The molecule has 0 radical (unpaired) electrons. The first-order valence-corrected chi connectivity index (χ1v) is 11.1. The largest absolute Gasteiger partial charge is 0.444 e. The van der Waals surface area contributed by atoms with E-state index in [1.54, 1.807) is 44.0 Å². The average molecular weight is 473 g/mol. The van der Waals surface area contributed by atoms with E-state index in [0.717, 1.165) is 5.56 Å². The highest BCUT2D eigenvalue weighted by atomic mass is 16.6. The SMILES string of the molecule is CC(C)(C)OC(=O)Nc1cc(CNC(=O)c2cn3c(n2)CN(C(=O)OC(C)(C)C)CC3)ccn1. The molecule has 0 aliphatic carbocycles. The average Bonchev–Trinajstić information content (AvgIpc) is 3.13. The van der Waals surface area contributed by atoms with Gasteiger partial charge in [0.05, 0.1) is 6.54 Å². The third-order valence-corrected chi connectivity index (χ3v) is 4.59. The minimum atomic E-state index is -0.622. The van der Waals surface area contributed by atoms with E-state index in [2.05, 4.69) is 20.6 Å². The Labute approximate surface area is 198 Å². The number of carbonyl (C=O) groups excluding carboxylic acids is 3. The maximum Gasteiger partial charge on any atom is 0.413 e. The van der Waals surface area contributed by atoms with Gasteiger partial charge in [0.2, 0.25) is 0 Å². The third-order valence-electron chi connectivity index (χ3n) is 4.59. The molecule has 0 aromatic carbocycles. The molecule has 3 heterocycles. The maximum atomic E-state index is 12.7. The van der Waals surface area contributed by atoms with Crippen molar-refractivity contribution in [3.63, 3.8) is 0 Å². The number of rotatable bonds is 4. The van der Waals surface area contributed by atoms with Gasteiger partial charge in [-0.1, -0.05) is 0 Å². The van der Waals surface area contributed by atoms with Crippen molar-refractivity contribution in [2.24, 2.45) is 0 Å². The van der Waals surface area contributed by atoms with Crippen LogP contribution in [0.2, 0.25) is 0 Å². The molecular formula is C23H32N6O5. The lowest BCUT2D eigenvalue weighted by Crippen LogP contribution is -2.41. The van der Waals surface area contributed by atoms with Crippen molar-refractivity contribution in [3.8, 4) is 0 Å². The van der Waals surface area contributed by atoms with Crippen LogP contribution in [0, 0.1) is 0 Å². The van der Waals surface area contributed by atoms with Gasteiger partial charge in [0.25, 0.3) is 5.91 Å². The quantitative estimate of drug-likeness (QED) is 0.699. The normalized spacial score (nSPS) is 13.6. The highest BCUT2D eigenvalue weighted by Crippen LogP contribution is 2.17. The minimum absolute atomic E-state index is 0.219. The van der Waals surface area contributed by atoms with E-state index in [1.165, 1.54) is 6.20 Å². The van der Waals surface area contributed by atoms with Crippen LogP contribution in [0.5, 0.6) is 0 Å². The third kappa shape index (κ3) is 7.19. The molecule has 34 heavy (non-hydrogen) atoms. The Morgan fingerprint density at radius 2 is 1.76 bits per heavy atom. The molecule has 1 aliphatic rings. The highest BCUT2D eigenvalue weighted by molar-refractivity contribution is 5.92. The predicted molar refractivity (Wildman–Crippen MR) is 124 cm³/mol. The zero-order valence-corrected chi connectivity index (χ0v) is 20.5. The zero-order valence-electron chi connectivity index (χ0n) is 20.5. The van der Waals surface area contributed by atoms with Crippen LogP contribution in [0.4, 0.5) is 15.4 Å². The summed E-state index contributed by atoms with van der Waals surface area (Å²) in [6.45, 7) is 12.3. The summed E-state index contributed by atoms with van der Waals surface area (Å²) in [5.41, 5.74) is -0.190. The second-order valence-electron chi connectivity index (χ2n) is 10.00.